The number of nitrogens with zero attached hydrogens (tertiary/aromatic N) is 1. The van der Waals surface area contributed by atoms with Crippen LogP contribution in [0.1, 0.15) is 31.0 Å². The molecule has 0 aromatic carbocycles. The van der Waals surface area contributed by atoms with Gasteiger partial charge in [-0.3, -0.25) is 4.98 Å². The molecule has 1 aromatic rings. The summed E-state index contributed by atoms with van der Waals surface area (Å²) in [6, 6.07) is 0.987. The molecule has 0 aliphatic rings. The maximum Gasteiger partial charge on any atom is 0.499 e. The van der Waals surface area contributed by atoms with Gasteiger partial charge in [-0.1, -0.05) is 13.8 Å². The summed E-state index contributed by atoms with van der Waals surface area (Å²) < 4.78 is 65.4. The topological polar surface area (TPSA) is 22.1 Å². The number of pyridine rings is 1. The summed E-state index contributed by atoms with van der Waals surface area (Å²) in [6.45, 7) is 4.89. The first kappa shape index (κ1) is 14.7. The third kappa shape index (κ3) is 2.88. The number of aromatic nitrogens is 1. The highest BCUT2D eigenvalue weighted by atomic mass is 19.4. The Labute approximate surface area is 101 Å². The van der Waals surface area contributed by atoms with Gasteiger partial charge >= 0.3 is 12.3 Å². The zero-order valence-electron chi connectivity index (χ0n) is 9.98. The van der Waals surface area contributed by atoms with Crippen LogP contribution in [0.2, 0.25) is 0 Å². The van der Waals surface area contributed by atoms with E-state index < -0.39 is 18.0 Å². The van der Waals surface area contributed by atoms with Crippen molar-refractivity contribution in [3.63, 3.8) is 0 Å². The highest BCUT2D eigenvalue weighted by Gasteiger charge is 2.61. The van der Waals surface area contributed by atoms with Gasteiger partial charge in [-0.25, -0.2) is 0 Å². The van der Waals surface area contributed by atoms with E-state index in [0.717, 1.165) is 12.3 Å². The first-order valence-corrected chi connectivity index (χ1v) is 5.15. The van der Waals surface area contributed by atoms with E-state index in [1.807, 2.05) is 0 Å². The Bertz CT molecular complexity index is 428. The van der Waals surface area contributed by atoms with Crippen molar-refractivity contribution in [2.45, 2.75) is 39.0 Å². The highest BCUT2D eigenvalue weighted by molar-refractivity contribution is 5.36. The Morgan fingerprint density at radius 2 is 1.72 bits per heavy atom. The van der Waals surface area contributed by atoms with Crippen molar-refractivity contribution in [3.05, 3.63) is 23.5 Å². The van der Waals surface area contributed by atoms with Crippen LogP contribution < -0.4 is 4.74 Å². The van der Waals surface area contributed by atoms with Crippen LogP contribution in [0.4, 0.5) is 22.0 Å². The molecule has 102 valence electrons. The first-order valence-electron chi connectivity index (χ1n) is 5.15. The molecule has 0 saturated carbocycles. The van der Waals surface area contributed by atoms with Gasteiger partial charge in [0, 0.05) is 17.5 Å². The summed E-state index contributed by atoms with van der Waals surface area (Å²) in [5, 5.41) is 0. The van der Waals surface area contributed by atoms with Crippen molar-refractivity contribution in [1.82, 2.24) is 4.98 Å². The molecule has 0 N–H and O–H groups in total. The number of alkyl halides is 5. The predicted octanol–water partition coefficient (Wildman–Crippen LogP) is 4.05. The molecule has 0 aliphatic heterocycles. The minimum atomic E-state index is -5.75. The monoisotopic (exact) mass is 269 g/mol. The van der Waals surface area contributed by atoms with Gasteiger partial charge in [0.15, 0.2) is 0 Å². The van der Waals surface area contributed by atoms with Crippen LogP contribution in [0, 0.1) is 6.92 Å². The molecule has 0 atom stereocenters. The maximum absolute atomic E-state index is 12.8. The van der Waals surface area contributed by atoms with Gasteiger partial charge in [0.05, 0.1) is 0 Å². The van der Waals surface area contributed by atoms with E-state index in [4.69, 9.17) is 0 Å². The van der Waals surface area contributed by atoms with Crippen molar-refractivity contribution in [1.29, 1.82) is 0 Å². The summed E-state index contributed by atoms with van der Waals surface area (Å²) in [5.74, 6) is -0.621. The van der Waals surface area contributed by atoms with Gasteiger partial charge in [-0.15, -0.1) is 0 Å². The molecule has 1 heterocycles. The van der Waals surface area contributed by atoms with Crippen molar-refractivity contribution < 1.29 is 26.7 Å². The lowest BCUT2D eigenvalue weighted by atomic mass is 10.0. The number of ether oxygens (including phenoxy) is 1. The number of hydrogen-bond acceptors (Lipinski definition) is 2. The summed E-state index contributed by atoms with van der Waals surface area (Å²) in [4.78, 5) is 3.92. The zero-order valence-corrected chi connectivity index (χ0v) is 9.98. The maximum atomic E-state index is 12.8. The third-order valence-electron chi connectivity index (χ3n) is 2.31. The van der Waals surface area contributed by atoms with Crippen LogP contribution >= 0.6 is 0 Å². The van der Waals surface area contributed by atoms with Gasteiger partial charge in [-0.2, -0.15) is 22.0 Å². The van der Waals surface area contributed by atoms with E-state index in [2.05, 4.69) is 9.72 Å². The van der Waals surface area contributed by atoms with E-state index in [9.17, 15) is 22.0 Å². The standard InChI is InChI=1S/C11H12F5NO/c1-6(2)9-7(3)8(4-5-17-9)18-11(15,16)10(12,13)14/h4-6H,1-3H3. The molecule has 1 aromatic heterocycles. The first-order chi connectivity index (χ1) is 8.06. The van der Waals surface area contributed by atoms with E-state index in [1.165, 1.54) is 6.92 Å². The van der Waals surface area contributed by atoms with Crippen molar-refractivity contribution >= 4 is 0 Å². The molecule has 0 amide bonds. The number of rotatable bonds is 3. The molecule has 0 fully saturated rings. The Kier molecular flexibility index (Phi) is 3.83. The predicted molar refractivity (Wildman–Crippen MR) is 54.7 cm³/mol. The molecule has 1 rings (SSSR count). The minimum Gasteiger partial charge on any atom is -0.425 e. The van der Waals surface area contributed by atoms with E-state index >= 15 is 0 Å². The van der Waals surface area contributed by atoms with Crippen molar-refractivity contribution in [2.75, 3.05) is 0 Å². The second-order valence-electron chi connectivity index (χ2n) is 4.09. The fourth-order valence-electron chi connectivity index (χ4n) is 1.42. The molecule has 0 bridgehead atoms. The normalized spacial score (nSPS) is 12.9. The second-order valence-corrected chi connectivity index (χ2v) is 4.09. The van der Waals surface area contributed by atoms with Crippen LogP contribution in [-0.4, -0.2) is 17.3 Å². The summed E-state index contributed by atoms with van der Waals surface area (Å²) in [5.41, 5.74) is 0.599. The average molecular weight is 269 g/mol. The fraction of sp³-hybridized carbons (Fsp3) is 0.545. The summed E-state index contributed by atoms with van der Waals surface area (Å²) in [6.07, 6.45) is -9.82. The molecule has 0 radical (unpaired) electrons. The average Bonchev–Trinajstić information content (AvgIpc) is 2.18. The smallest absolute Gasteiger partial charge is 0.425 e. The van der Waals surface area contributed by atoms with Crippen LogP contribution in [0.5, 0.6) is 5.75 Å². The SMILES string of the molecule is Cc1c(OC(F)(F)C(F)(F)F)ccnc1C(C)C. The molecule has 2 nitrogen and oxygen atoms in total. The molecule has 18 heavy (non-hydrogen) atoms. The lowest BCUT2D eigenvalue weighted by Gasteiger charge is -2.22. The largest absolute Gasteiger partial charge is 0.499 e. The Morgan fingerprint density at radius 3 is 2.17 bits per heavy atom. The van der Waals surface area contributed by atoms with Gasteiger partial charge in [0.1, 0.15) is 5.75 Å². The molecule has 0 spiro atoms. The van der Waals surface area contributed by atoms with Gasteiger partial charge in [0.2, 0.25) is 0 Å². The van der Waals surface area contributed by atoms with E-state index in [0.29, 0.717) is 5.69 Å². The Hall–Kier alpha value is -1.40. The quantitative estimate of drug-likeness (QED) is 0.772. The molecule has 0 aliphatic carbocycles. The molecule has 0 saturated heterocycles. The highest BCUT2D eigenvalue weighted by Crippen LogP contribution is 2.38. The summed E-state index contributed by atoms with van der Waals surface area (Å²) in [7, 11) is 0. The minimum absolute atomic E-state index is 0.104. The van der Waals surface area contributed by atoms with Crippen LogP contribution in [0.25, 0.3) is 0 Å². The Morgan fingerprint density at radius 1 is 1.17 bits per heavy atom. The number of halogens is 5. The second kappa shape index (κ2) is 4.70. The van der Waals surface area contributed by atoms with E-state index in [-0.39, 0.29) is 11.5 Å². The lowest BCUT2D eigenvalue weighted by Crippen LogP contribution is -2.42. The van der Waals surface area contributed by atoms with E-state index in [1.54, 1.807) is 13.8 Å². The van der Waals surface area contributed by atoms with Crippen molar-refractivity contribution in [3.8, 4) is 5.75 Å². The molecule has 0 unspecified atom stereocenters. The fourth-order valence-corrected chi connectivity index (χ4v) is 1.42. The summed E-state index contributed by atoms with van der Waals surface area (Å²) >= 11 is 0. The van der Waals surface area contributed by atoms with Gasteiger partial charge < -0.3 is 4.74 Å². The number of hydrogen-bond donors (Lipinski definition) is 0. The van der Waals surface area contributed by atoms with Gasteiger partial charge in [0.25, 0.3) is 0 Å². The third-order valence-corrected chi connectivity index (χ3v) is 2.31. The molecular formula is C11H12F5NO. The lowest BCUT2D eigenvalue weighted by molar-refractivity contribution is -0.360. The molecular weight excluding hydrogens is 257 g/mol. The van der Waals surface area contributed by atoms with Gasteiger partial charge in [-0.05, 0) is 18.9 Å². The zero-order chi connectivity index (χ0) is 14.1. The van der Waals surface area contributed by atoms with Crippen molar-refractivity contribution in [2.24, 2.45) is 0 Å². The van der Waals surface area contributed by atoms with Crippen LogP contribution in [-0.2, 0) is 0 Å². The van der Waals surface area contributed by atoms with Crippen LogP contribution in [0.3, 0.4) is 0 Å². The van der Waals surface area contributed by atoms with Crippen LogP contribution in [0.15, 0.2) is 12.3 Å². The Balaban J connectivity index is 3.10. The molecule has 7 heteroatoms.